The molecule has 4 aromatic rings. The van der Waals surface area contributed by atoms with Gasteiger partial charge in [0, 0.05) is 17.5 Å². The third-order valence-electron chi connectivity index (χ3n) is 7.28. The van der Waals surface area contributed by atoms with Gasteiger partial charge in [0.2, 0.25) is 11.8 Å². The number of carbonyl (C=O) groups excluding carboxylic acids is 2. The van der Waals surface area contributed by atoms with Gasteiger partial charge in [-0.2, -0.15) is 5.10 Å². The Balaban J connectivity index is 1.42. The highest BCUT2D eigenvalue weighted by Gasteiger charge is 2.46. The van der Waals surface area contributed by atoms with Gasteiger partial charge in [-0.15, -0.1) is 0 Å². The van der Waals surface area contributed by atoms with Crippen LogP contribution in [0.4, 0.5) is 5.82 Å². The molecule has 6 heteroatoms. The van der Waals surface area contributed by atoms with Gasteiger partial charge in [0.25, 0.3) is 0 Å². The van der Waals surface area contributed by atoms with E-state index in [1.807, 2.05) is 100 Å². The number of rotatable bonds is 8. The monoisotopic (exact) mass is 506 g/mol. The molecule has 1 N–H and O–H groups in total. The van der Waals surface area contributed by atoms with Gasteiger partial charge in [-0.25, -0.2) is 4.68 Å². The highest BCUT2D eigenvalue weighted by molar-refractivity contribution is 5.98. The average Bonchev–Trinajstić information content (AvgIpc) is 3.66. The van der Waals surface area contributed by atoms with Crippen molar-refractivity contribution in [1.82, 2.24) is 14.7 Å². The van der Waals surface area contributed by atoms with E-state index in [1.165, 1.54) is 5.56 Å². The van der Waals surface area contributed by atoms with E-state index >= 15 is 0 Å². The molecule has 1 aliphatic carbocycles. The molecular weight excluding hydrogens is 472 g/mol. The van der Waals surface area contributed by atoms with Crippen LogP contribution in [0.15, 0.2) is 84.9 Å². The fourth-order valence-corrected chi connectivity index (χ4v) is 5.16. The number of hydrogen-bond donors (Lipinski definition) is 1. The van der Waals surface area contributed by atoms with Gasteiger partial charge in [0.15, 0.2) is 0 Å². The standard InChI is InChI=1S/C32H34N4O2/c1-21(2)35(32(38)27-19-26(27)24-14-7-5-8-15-24)20-29(37)33-31-30(25-16-9-6-10-17-25)23(4)34-36(31)28-18-12-11-13-22(28)3/h5-18,21,26-27H,19-20H2,1-4H3,(H,33,37). The average molecular weight is 507 g/mol. The van der Waals surface area contributed by atoms with E-state index < -0.39 is 0 Å². The Morgan fingerprint density at radius 1 is 0.947 bits per heavy atom. The van der Waals surface area contributed by atoms with Gasteiger partial charge in [-0.1, -0.05) is 78.9 Å². The molecular formula is C32H34N4O2. The number of nitrogens with one attached hydrogen (secondary N) is 1. The zero-order chi connectivity index (χ0) is 26.8. The summed E-state index contributed by atoms with van der Waals surface area (Å²) in [5, 5.41) is 7.96. The van der Waals surface area contributed by atoms with Crippen molar-refractivity contribution in [3.05, 3.63) is 102 Å². The minimum absolute atomic E-state index is 0.0132. The fraction of sp³-hybridized carbons (Fsp3) is 0.281. The molecule has 0 aliphatic heterocycles. The number of nitrogens with zero attached hydrogens (tertiary/aromatic N) is 3. The molecule has 1 aliphatic rings. The SMILES string of the molecule is Cc1ccccc1-n1nc(C)c(-c2ccccc2)c1NC(=O)CN(C(=O)C1CC1c1ccccc1)C(C)C. The van der Waals surface area contributed by atoms with Crippen molar-refractivity contribution < 1.29 is 9.59 Å². The Kier molecular flexibility index (Phi) is 7.14. The van der Waals surface area contributed by atoms with Crippen molar-refractivity contribution >= 4 is 17.6 Å². The first-order valence-electron chi connectivity index (χ1n) is 13.2. The number of hydrogen-bond acceptors (Lipinski definition) is 3. The molecule has 1 heterocycles. The van der Waals surface area contributed by atoms with Gasteiger partial charge >= 0.3 is 0 Å². The van der Waals surface area contributed by atoms with E-state index in [-0.39, 0.29) is 36.2 Å². The largest absolute Gasteiger partial charge is 0.331 e. The van der Waals surface area contributed by atoms with Crippen LogP contribution in [-0.2, 0) is 9.59 Å². The Morgan fingerprint density at radius 2 is 1.58 bits per heavy atom. The fourth-order valence-electron chi connectivity index (χ4n) is 5.16. The van der Waals surface area contributed by atoms with Crippen molar-refractivity contribution in [3.8, 4) is 16.8 Å². The zero-order valence-corrected chi connectivity index (χ0v) is 22.4. The Morgan fingerprint density at radius 3 is 2.24 bits per heavy atom. The molecule has 6 nitrogen and oxygen atoms in total. The molecule has 0 bridgehead atoms. The third kappa shape index (κ3) is 5.12. The van der Waals surface area contributed by atoms with Gasteiger partial charge in [0.1, 0.15) is 12.4 Å². The van der Waals surface area contributed by atoms with Gasteiger partial charge in [-0.3, -0.25) is 9.59 Å². The second-order valence-electron chi connectivity index (χ2n) is 10.3. The predicted octanol–water partition coefficient (Wildman–Crippen LogP) is 6.14. The molecule has 1 saturated carbocycles. The Hall–Kier alpha value is -4.19. The lowest BCUT2D eigenvalue weighted by atomic mass is 10.1. The maximum absolute atomic E-state index is 13.5. The highest BCUT2D eigenvalue weighted by Crippen LogP contribution is 2.48. The van der Waals surface area contributed by atoms with E-state index in [2.05, 4.69) is 17.4 Å². The summed E-state index contributed by atoms with van der Waals surface area (Å²) in [6, 6.07) is 28.0. The van der Waals surface area contributed by atoms with Crippen LogP contribution >= 0.6 is 0 Å². The number of anilines is 1. The summed E-state index contributed by atoms with van der Waals surface area (Å²) in [7, 11) is 0. The van der Waals surface area contributed by atoms with Crippen LogP contribution in [0.5, 0.6) is 0 Å². The molecule has 0 saturated heterocycles. The van der Waals surface area contributed by atoms with Crippen LogP contribution in [-0.4, -0.2) is 39.1 Å². The summed E-state index contributed by atoms with van der Waals surface area (Å²) in [4.78, 5) is 28.7. The van der Waals surface area contributed by atoms with Crippen molar-refractivity contribution in [1.29, 1.82) is 0 Å². The molecule has 5 rings (SSSR count). The number of aryl methyl sites for hydroxylation is 2. The summed E-state index contributed by atoms with van der Waals surface area (Å²) in [6.07, 6.45) is 0.824. The molecule has 0 radical (unpaired) electrons. The first-order chi connectivity index (χ1) is 18.3. The predicted molar refractivity (Wildman–Crippen MR) is 151 cm³/mol. The quantitative estimate of drug-likeness (QED) is 0.312. The van der Waals surface area contributed by atoms with Crippen molar-refractivity contribution in [2.45, 2.75) is 46.1 Å². The first-order valence-corrected chi connectivity index (χ1v) is 13.2. The summed E-state index contributed by atoms with van der Waals surface area (Å²) in [6.45, 7) is 7.89. The number of para-hydroxylation sites is 1. The van der Waals surface area contributed by atoms with E-state index in [9.17, 15) is 9.59 Å². The lowest BCUT2D eigenvalue weighted by molar-refractivity contribution is -0.137. The second kappa shape index (κ2) is 10.7. The lowest BCUT2D eigenvalue weighted by Gasteiger charge is -2.26. The van der Waals surface area contributed by atoms with Crippen LogP contribution in [0.1, 0.15) is 43.0 Å². The second-order valence-corrected chi connectivity index (χ2v) is 10.3. The highest BCUT2D eigenvalue weighted by atomic mass is 16.2. The minimum Gasteiger partial charge on any atom is -0.331 e. The van der Waals surface area contributed by atoms with E-state index in [1.54, 1.807) is 9.58 Å². The molecule has 2 unspecified atom stereocenters. The smallest absolute Gasteiger partial charge is 0.245 e. The van der Waals surface area contributed by atoms with Crippen LogP contribution in [0.2, 0.25) is 0 Å². The summed E-state index contributed by atoms with van der Waals surface area (Å²) >= 11 is 0. The molecule has 0 spiro atoms. The molecule has 1 fully saturated rings. The number of amides is 2. The van der Waals surface area contributed by atoms with Crippen LogP contribution in [0.3, 0.4) is 0 Å². The van der Waals surface area contributed by atoms with Crippen molar-refractivity contribution in [3.63, 3.8) is 0 Å². The number of carbonyl (C=O) groups is 2. The molecule has 2 atom stereocenters. The number of benzene rings is 3. The summed E-state index contributed by atoms with van der Waals surface area (Å²) in [5.74, 6) is 0.555. The molecule has 3 aromatic carbocycles. The molecule has 194 valence electrons. The van der Waals surface area contributed by atoms with Crippen LogP contribution in [0, 0.1) is 19.8 Å². The van der Waals surface area contributed by atoms with Crippen molar-refractivity contribution in [2.24, 2.45) is 5.92 Å². The Labute approximate surface area is 224 Å². The molecule has 2 amide bonds. The van der Waals surface area contributed by atoms with E-state index in [0.29, 0.717) is 5.82 Å². The lowest BCUT2D eigenvalue weighted by Crippen LogP contribution is -2.43. The maximum Gasteiger partial charge on any atom is 0.245 e. The van der Waals surface area contributed by atoms with E-state index in [4.69, 9.17) is 5.10 Å². The summed E-state index contributed by atoms with van der Waals surface area (Å²) < 4.78 is 1.80. The topological polar surface area (TPSA) is 67.2 Å². The van der Waals surface area contributed by atoms with Crippen LogP contribution < -0.4 is 5.32 Å². The summed E-state index contributed by atoms with van der Waals surface area (Å²) in [5.41, 5.74) is 5.79. The molecule has 1 aromatic heterocycles. The maximum atomic E-state index is 13.5. The van der Waals surface area contributed by atoms with Gasteiger partial charge in [0.05, 0.1) is 11.4 Å². The minimum atomic E-state index is -0.240. The Bertz CT molecular complexity index is 1440. The third-order valence-corrected chi connectivity index (χ3v) is 7.28. The van der Waals surface area contributed by atoms with Crippen LogP contribution in [0.25, 0.3) is 16.8 Å². The van der Waals surface area contributed by atoms with Gasteiger partial charge < -0.3 is 10.2 Å². The number of aromatic nitrogens is 2. The van der Waals surface area contributed by atoms with E-state index in [0.717, 1.165) is 34.5 Å². The normalized spacial score (nSPS) is 16.3. The zero-order valence-electron chi connectivity index (χ0n) is 22.4. The molecule has 38 heavy (non-hydrogen) atoms. The van der Waals surface area contributed by atoms with Gasteiger partial charge in [-0.05, 0) is 62.8 Å². The first kappa shape index (κ1) is 25.5. The van der Waals surface area contributed by atoms with Crippen molar-refractivity contribution in [2.75, 3.05) is 11.9 Å².